The number of nitrogens with zero attached hydrogens (tertiary/aromatic N) is 4. The van der Waals surface area contributed by atoms with Crippen molar-refractivity contribution in [2.75, 3.05) is 27.2 Å². The van der Waals surface area contributed by atoms with Crippen LogP contribution in [-0.2, 0) is 13.6 Å². The molecule has 0 bridgehead atoms. The quantitative estimate of drug-likeness (QED) is 0.380. The number of aliphatic imine (C=N–C) groups is 1. The van der Waals surface area contributed by atoms with E-state index in [1.807, 2.05) is 19.3 Å². The van der Waals surface area contributed by atoms with E-state index in [1.165, 1.54) is 18.5 Å². The maximum atomic E-state index is 6.07. The van der Waals surface area contributed by atoms with Gasteiger partial charge in [0.05, 0.1) is 18.1 Å². The van der Waals surface area contributed by atoms with Gasteiger partial charge in [-0.05, 0) is 39.8 Å². The Balaban J connectivity index is 0.00000288. The first-order valence-corrected chi connectivity index (χ1v) is 8.82. The van der Waals surface area contributed by atoms with E-state index >= 15 is 0 Å². The van der Waals surface area contributed by atoms with Crippen LogP contribution in [0.25, 0.3) is 0 Å². The fourth-order valence-corrected chi connectivity index (χ4v) is 2.97. The monoisotopic (exact) mass is 467 g/mol. The van der Waals surface area contributed by atoms with Crippen LogP contribution >= 0.6 is 35.6 Å². The van der Waals surface area contributed by atoms with Crippen LogP contribution in [0, 0.1) is 0 Å². The van der Waals surface area contributed by atoms with Gasteiger partial charge in [-0.15, -0.1) is 24.0 Å². The van der Waals surface area contributed by atoms with E-state index in [0.29, 0.717) is 6.04 Å². The minimum atomic E-state index is 0. The van der Waals surface area contributed by atoms with Crippen molar-refractivity contribution in [2.45, 2.75) is 45.3 Å². The van der Waals surface area contributed by atoms with Crippen LogP contribution in [0.5, 0.6) is 0 Å². The lowest BCUT2D eigenvalue weighted by Crippen LogP contribution is -2.40. The molecule has 1 fully saturated rings. The third-order valence-electron chi connectivity index (χ3n) is 4.49. The van der Waals surface area contributed by atoms with E-state index < -0.39 is 0 Å². The Kier molecular flexibility index (Phi) is 8.87. The van der Waals surface area contributed by atoms with Crippen molar-refractivity contribution in [3.05, 3.63) is 23.0 Å². The van der Waals surface area contributed by atoms with E-state index in [0.717, 1.165) is 36.7 Å². The lowest BCUT2D eigenvalue weighted by molar-refractivity contribution is 0.252. The third-order valence-corrected chi connectivity index (χ3v) is 4.70. The zero-order valence-corrected chi connectivity index (χ0v) is 18.5. The van der Waals surface area contributed by atoms with Crippen LogP contribution in [0.3, 0.4) is 0 Å². The van der Waals surface area contributed by atoms with E-state index in [9.17, 15) is 0 Å². The highest BCUT2D eigenvalue weighted by Crippen LogP contribution is 2.26. The fraction of sp³-hybridized carbons (Fsp3) is 0.706. The summed E-state index contributed by atoms with van der Waals surface area (Å²) in [6, 6.07) is 3.24. The van der Waals surface area contributed by atoms with E-state index in [1.54, 1.807) is 0 Å². The molecule has 0 spiro atoms. The first-order valence-electron chi connectivity index (χ1n) is 8.44. The second kappa shape index (κ2) is 9.87. The molecule has 1 saturated carbocycles. The van der Waals surface area contributed by atoms with Crippen LogP contribution in [0.1, 0.15) is 32.4 Å². The Morgan fingerprint density at radius 3 is 2.62 bits per heavy atom. The minimum absolute atomic E-state index is 0. The van der Waals surface area contributed by atoms with Crippen molar-refractivity contribution < 1.29 is 0 Å². The number of aromatic nitrogens is 1. The molecule has 1 aliphatic carbocycles. The molecular formula is C17H31ClIN5. The Bertz CT molecular complexity index is 541. The Labute approximate surface area is 168 Å². The number of guanidine groups is 1. The lowest BCUT2D eigenvalue weighted by Gasteiger charge is -2.25. The number of hydrogen-bond acceptors (Lipinski definition) is 2. The van der Waals surface area contributed by atoms with Gasteiger partial charge < -0.3 is 14.8 Å². The number of likely N-dealkylation sites (N-methyl/N-ethyl adjacent to an activating group) is 1. The number of aryl methyl sites for hydroxylation is 1. The maximum absolute atomic E-state index is 6.07. The molecular weight excluding hydrogens is 437 g/mol. The fourth-order valence-electron chi connectivity index (χ4n) is 2.70. The standard InChI is InChI=1S/C17H30ClN5.HI/c1-6-19-17(20-10-13(2)23(5)15-7-8-15)22(4)12-16-9-14(18)11-21(16)3;/h9,11,13,15H,6-8,10,12H2,1-5H3,(H,19,20);1H. The second-order valence-electron chi connectivity index (χ2n) is 6.56. The van der Waals surface area contributed by atoms with Crippen molar-refractivity contribution >= 4 is 41.5 Å². The first-order chi connectivity index (χ1) is 10.9. The predicted octanol–water partition coefficient (Wildman–Crippen LogP) is 3.18. The van der Waals surface area contributed by atoms with E-state index in [2.05, 4.69) is 47.6 Å². The molecule has 0 radical (unpaired) electrons. The van der Waals surface area contributed by atoms with Gasteiger partial charge in [0.15, 0.2) is 5.96 Å². The molecule has 0 aromatic carbocycles. The molecule has 1 unspecified atom stereocenters. The molecule has 0 amide bonds. The summed E-state index contributed by atoms with van der Waals surface area (Å²) in [6.45, 7) is 6.81. The summed E-state index contributed by atoms with van der Waals surface area (Å²) in [6.07, 6.45) is 4.60. The van der Waals surface area contributed by atoms with Crippen LogP contribution < -0.4 is 5.32 Å². The molecule has 0 aliphatic heterocycles. The summed E-state index contributed by atoms with van der Waals surface area (Å²) in [4.78, 5) is 9.42. The number of nitrogens with one attached hydrogen (secondary N) is 1. The number of rotatable bonds is 7. The van der Waals surface area contributed by atoms with Gasteiger partial charge in [-0.2, -0.15) is 0 Å². The highest BCUT2D eigenvalue weighted by molar-refractivity contribution is 14.0. The lowest BCUT2D eigenvalue weighted by atomic mass is 10.3. The Hall–Kier alpha value is -0.470. The van der Waals surface area contributed by atoms with Crippen LogP contribution in [0.15, 0.2) is 17.3 Å². The molecule has 0 saturated heterocycles. The maximum Gasteiger partial charge on any atom is 0.194 e. The van der Waals surface area contributed by atoms with Gasteiger partial charge >= 0.3 is 0 Å². The third kappa shape index (κ3) is 6.11. The van der Waals surface area contributed by atoms with Crippen LogP contribution in [-0.4, -0.2) is 59.6 Å². The second-order valence-corrected chi connectivity index (χ2v) is 6.99. The Morgan fingerprint density at radius 2 is 2.12 bits per heavy atom. The molecule has 1 aromatic heterocycles. The average Bonchev–Trinajstić information content (AvgIpc) is 3.29. The van der Waals surface area contributed by atoms with Crippen molar-refractivity contribution in [3.8, 4) is 0 Å². The summed E-state index contributed by atoms with van der Waals surface area (Å²) >= 11 is 6.07. The van der Waals surface area contributed by atoms with Gasteiger partial charge in [0.25, 0.3) is 0 Å². The molecule has 24 heavy (non-hydrogen) atoms. The highest BCUT2D eigenvalue weighted by atomic mass is 127. The summed E-state index contributed by atoms with van der Waals surface area (Å²) in [7, 11) is 6.30. The summed E-state index contributed by atoms with van der Waals surface area (Å²) < 4.78 is 2.06. The summed E-state index contributed by atoms with van der Waals surface area (Å²) in [5.41, 5.74) is 1.17. The number of hydrogen-bond donors (Lipinski definition) is 1. The zero-order valence-electron chi connectivity index (χ0n) is 15.4. The van der Waals surface area contributed by atoms with E-state index in [4.69, 9.17) is 16.6 Å². The van der Waals surface area contributed by atoms with Crippen molar-refractivity contribution in [1.82, 2.24) is 19.7 Å². The average molecular weight is 468 g/mol. The molecule has 138 valence electrons. The van der Waals surface area contributed by atoms with Gasteiger partial charge in [-0.1, -0.05) is 11.6 Å². The Morgan fingerprint density at radius 1 is 1.46 bits per heavy atom. The SMILES string of the molecule is CCNC(=NCC(C)N(C)C1CC1)N(C)Cc1cc(Cl)cn1C.I. The van der Waals surface area contributed by atoms with Crippen LogP contribution in [0.2, 0.25) is 5.02 Å². The first kappa shape index (κ1) is 21.6. The molecule has 1 heterocycles. The van der Waals surface area contributed by atoms with Crippen molar-refractivity contribution in [2.24, 2.45) is 12.0 Å². The highest BCUT2D eigenvalue weighted by Gasteiger charge is 2.28. The van der Waals surface area contributed by atoms with E-state index in [-0.39, 0.29) is 24.0 Å². The molecule has 5 nitrogen and oxygen atoms in total. The molecule has 1 atom stereocenters. The molecule has 1 N–H and O–H groups in total. The summed E-state index contributed by atoms with van der Waals surface area (Å²) in [5.74, 6) is 0.945. The van der Waals surface area contributed by atoms with Gasteiger partial charge in [0.1, 0.15) is 0 Å². The van der Waals surface area contributed by atoms with Gasteiger partial charge in [0, 0.05) is 44.6 Å². The smallest absolute Gasteiger partial charge is 0.194 e. The minimum Gasteiger partial charge on any atom is -0.357 e. The molecule has 2 rings (SSSR count). The summed E-state index contributed by atoms with van der Waals surface area (Å²) in [5, 5.41) is 4.16. The topological polar surface area (TPSA) is 35.8 Å². The van der Waals surface area contributed by atoms with Gasteiger partial charge in [0.2, 0.25) is 0 Å². The normalized spacial score (nSPS) is 16.0. The largest absolute Gasteiger partial charge is 0.357 e. The predicted molar refractivity (Wildman–Crippen MR) is 114 cm³/mol. The van der Waals surface area contributed by atoms with Gasteiger partial charge in [-0.25, -0.2) is 0 Å². The van der Waals surface area contributed by atoms with Crippen molar-refractivity contribution in [3.63, 3.8) is 0 Å². The molecule has 7 heteroatoms. The number of halogens is 2. The van der Waals surface area contributed by atoms with Crippen LogP contribution in [0.4, 0.5) is 0 Å². The molecule has 1 aliphatic rings. The zero-order chi connectivity index (χ0) is 17.0. The molecule has 1 aromatic rings. The van der Waals surface area contributed by atoms with Gasteiger partial charge in [-0.3, -0.25) is 9.89 Å². The van der Waals surface area contributed by atoms with Crippen molar-refractivity contribution in [1.29, 1.82) is 0 Å².